The van der Waals surface area contributed by atoms with E-state index in [1.54, 1.807) is 0 Å². The molecule has 1 aromatic rings. The lowest BCUT2D eigenvalue weighted by molar-refractivity contribution is -0.0930. The molecule has 3 fully saturated rings. The van der Waals surface area contributed by atoms with Crippen molar-refractivity contribution in [3.05, 3.63) is 11.3 Å². The molecule has 3 aliphatic rings. The van der Waals surface area contributed by atoms with Gasteiger partial charge in [-0.15, -0.1) is 0 Å². The number of amides is 1. The Labute approximate surface area is 208 Å². The lowest BCUT2D eigenvalue weighted by Crippen LogP contribution is -2.64. The summed E-state index contributed by atoms with van der Waals surface area (Å²) in [6.45, 7) is 25.3. The third kappa shape index (κ3) is 5.72. The number of nitrogens with two attached hydrogens (primary N) is 1. The largest absolute Gasteiger partial charge is 0.444 e. The lowest BCUT2D eigenvalue weighted by atomic mass is 9.61. The van der Waals surface area contributed by atoms with Crippen LogP contribution in [-0.2, 0) is 4.74 Å². The van der Waals surface area contributed by atoms with Gasteiger partial charge in [-0.25, -0.2) is 4.79 Å². The van der Waals surface area contributed by atoms with Gasteiger partial charge >= 0.3 is 6.09 Å². The predicted molar refractivity (Wildman–Crippen MR) is 142 cm³/mol. The molecule has 1 spiro atoms. The number of nitrogens with zero attached hydrogens (tertiary/aromatic N) is 4. The molecule has 4 rings (SSSR count). The molecule has 1 aromatic heterocycles. The topological polar surface area (TPSA) is 76.6 Å². The summed E-state index contributed by atoms with van der Waals surface area (Å²) in [5, 5.41) is 5.10. The van der Waals surface area contributed by atoms with E-state index in [4.69, 9.17) is 15.6 Å². The molecule has 196 valence electrons. The van der Waals surface area contributed by atoms with Crippen molar-refractivity contribution >= 4 is 11.9 Å². The Balaban J connectivity index is 0.000000970. The highest BCUT2D eigenvalue weighted by Gasteiger charge is 2.55. The summed E-state index contributed by atoms with van der Waals surface area (Å²) < 4.78 is 7.75. The van der Waals surface area contributed by atoms with Crippen molar-refractivity contribution in [3.8, 4) is 0 Å². The average Bonchev–Trinajstić information content (AvgIpc) is 2.96. The maximum Gasteiger partial charge on any atom is 0.410 e. The zero-order valence-electron chi connectivity index (χ0n) is 23.8. The van der Waals surface area contributed by atoms with Crippen LogP contribution in [0.5, 0.6) is 0 Å². The van der Waals surface area contributed by atoms with Gasteiger partial charge in [-0.3, -0.25) is 4.68 Å². The first kappa shape index (κ1) is 28.5. The molecular weight excluding hydrogens is 426 g/mol. The summed E-state index contributed by atoms with van der Waals surface area (Å²) in [6, 6.07) is 0.700. The summed E-state index contributed by atoms with van der Waals surface area (Å²) in [5.41, 5.74) is 8.62. The number of ether oxygens (including phenoxy) is 1. The van der Waals surface area contributed by atoms with Gasteiger partial charge in [0.25, 0.3) is 0 Å². The quantitative estimate of drug-likeness (QED) is 0.580. The number of rotatable bonds is 2. The summed E-state index contributed by atoms with van der Waals surface area (Å²) in [6.07, 6.45) is 3.99. The van der Waals surface area contributed by atoms with Gasteiger partial charge in [0.1, 0.15) is 5.60 Å². The Hall–Kier alpha value is -1.76. The highest BCUT2D eigenvalue weighted by atomic mass is 16.6. The second-order valence-corrected chi connectivity index (χ2v) is 11.6. The van der Waals surface area contributed by atoms with Crippen LogP contribution < -0.4 is 10.6 Å². The van der Waals surface area contributed by atoms with Crippen molar-refractivity contribution in [1.82, 2.24) is 14.7 Å². The van der Waals surface area contributed by atoms with Gasteiger partial charge < -0.3 is 20.3 Å². The highest BCUT2D eigenvalue weighted by Crippen LogP contribution is 2.55. The van der Waals surface area contributed by atoms with Crippen LogP contribution in [0.25, 0.3) is 0 Å². The molecule has 2 N–H and O–H groups in total. The van der Waals surface area contributed by atoms with Crippen molar-refractivity contribution in [2.24, 2.45) is 11.1 Å². The number of carbonyl (C=O) groups is 1. The Morgan fingerprint density at radius 2 is 1.62 bits per heavy atom. The van der Waals surface area contributed by atoms with E-state index in [2.05, 4.69) is 37.3 Å². The number of carbonyl (C=O) groups excluding carboxylic acids is 1. The standard InChI is InChI=1S/C23H39N5O2.2C2H6/c1-15-16(2)28(25-19(15)27-9-8-17(24)10-22(27,6)7)18-11-23(12-18)13-26(14-23)20(29)30-21(3,4)5;2*1-2/h17-18H,8-14,24H2,1-7H3;2*1-2H3. The Kier molecular flexibility index (Phi) is 8.77. The Morgan fingerprint density at radius 1 is 1.06 bits per heavy atom. The minimum atomic E-state index is -0.436. The molecular formula is C27H51N5O2. The second kappa shape index (κ2) is 10.5. The second-order valence-electron chi connectivity index (χ2n) is 11.6. The van der Waals surface area contributed by atoms with E-state index in [-0.39, 0.29) is 23.1 Å². The molecule has 2 saturated heterocycles. The molecule has 0 aromatic carbocycles. The Morgan fingerprint density at radius 3 is 2.12 bits per heavy atom. The third-order valence-corrected chi connectivity index (χ3v) is 7.28. The van der Waals surface area contributed by atoms with Crippen LogP contribution in [0.15, 0.2) is 0 Å². The van der Waals surface area contributed by atoms with Crippen molar-refractivity contribution in [3.63, 3.8) is 0 Å². The first-order valence-electron chi connectivity index (χ1n) is 13.4. The SMILES string of the molecule is CC.CC.Cc1c(N2CCC(N)CC2(C)C)nn(C2CC3(C2)CN(C(=O)OC(C)(C)C)C3)c1C. The van der Waals surface area contributed by atoms with E-state index in [9.17, 15) is 4.79 Å². The van der Waals surface area contributed by atoms with Crippen LogP contribution in [0.1, 0.15) is 105 Å². The van der Waals surface area contributed by atoms with Crippen molar-refractivity contribution in [1.29, 1.82) is 0 Å². The van der Waals surface area contributed by atoms with E-state index in [1.807, 2.05) is 53.4 Å². The van der Waals surface area contributed by atoms with Crippen LogP contribution in [0.3, 0.4) is 0 Å². The summed E-state index contributed by atoms with van der Waals surface area (Å²) >= 11 is 0. The van der Waals surface area contributed by atoms with Gasteiger partial charge in [0.05, 0.1) is 6.04 Å². The predicted octanol–water partition coefficient (Wildman–Crippen LogP) is 5.83. The lowest BCUT2D eigenvalue weighted by Gasteiger charge is -2.58. The van der Waals surface area contributed by atoms with Crippen LogP contribution in [0.4, 0.5) is 10.6 Å². The van der Waals surface area contributed by atoms with Gasteiger partial charge in [-0.2, -0.15) is 5.10 Å². The number of piperidine rings is 1. The molecule has 1 aliphatic carbocycles. The van der Waals surface area contributed by atoms with Gasteiger partial charge in [-0.1, -0.05) is 27.7 Å². The summed E-state index contributed by atoms with van der Waals surface area (Å²) in [5.74, 6) is 1.12. The van der Waals surface area contributed by atoms with Crippen molar-refractivity contribution in [2.45, 2.75) is 125 Å². The van der Waals surface area contributed by atoms with Gasteiger partial charge in [0, 0.05) is 47.9 Å². The minimum absolute atomic E-state index is 0.0246. The number of hydrogen-bond acceptors (Lipinski definition) is 5. The highest BCUT2D eigenvalue weighted by molar-refractivity contribution is 5.69. The molecule has 34 heavy (non-hydrogen) atoms. The molecule has 1 atom stereocenters. The maximum absolute atomic E-state index is 12.3. The van der Waals surface area contributed by atoms with E-state index in [0.29, 0.717) is 6.04 Å². The van der Waals surface area contributed by atoms with Gasteiger partial charge in [0.15, 0.2) is 5.82 Å². The van der Waals surface area contributed by atoms with Crippen molar-refractivity contribution < 1.29 is 9.53 Å². The molecule has 7 heteroatoms. The molecule has 1 unspecified atom stereocenters. The number of aromatic nitrogens is 2. The molecule has 1 saturated carbocycles. The van der Waals surface area contributed by atoms with E-state index in [1.165, 1.54) is 11.3 Å². The summed E-state index contributed by atoms with van der Waals surface area (Å²) in [4.78, 5) is 16.5. The average molecular weight is 478 g/mol. The Bertz CT molecular complexity index is 825. The fourth-order valence-electron chi connectivity index (χ4n) is 5.63. The zero-order chi connectivity index (χ0) is 26.1. The number of hydrogen-bond donors (Lipinski definition) is 1. The van der Waals surface area contributed by atoms with E-state index < -0.39 is 5.60 Å². The van der Waals surface area contributed by atoms with Crippen LogP contribution in [0.2, 0.25) is 0 Å². The molecule has 1 amide bonds. The monoisotopic (exact) mass is 477 g/mol. The fourth-order valence-corrected chi connectivity index (χ4v) is 5.63. The first-order chi connectivity index (χ1) is 15.8. The molecule has 0 bridgehead atoms. The molecule has 0 radical (unpaired) electrons. The van der Waals surface area contributed by atoms with Crippen molar-refractivity contribution in [2.75, 3.05) is 24.5 Å². The molecule has 2 aliphatic heterocycles. The zero-order valence-corrected chi connectivity index (χ0v) is 23.8. The van der Waals surface area contributed by atoms with Crippen LogP contribution >= 0.6 is 0 Å². The normalized spacial score (nSPS) is 23.1. The van der Waals surface area contributed by atoms with Gasteiger partial charge in [0.2, 0.25) is 0 Å². The first-order valence-corrected chi connectivity index (χ1v) is 13.4. The maximum atomic E-state index is 12.3. The summed E-state index contributed by atoms with van der Waals surface area (Å²) in [7, 11) is 0. The smallest absolute Gasteiger partial charge is 0.410 e. The van der Waals surface area contributed by atoms with E-state index >= 15 is 0 Å². The third-order valence-electron chi connectivity index (χ3n) is 7.28. The number of likely N-dealkylation sites (tertiary alicyclic amines) is 1. The number of anilines is 1. The van der Waals surface area contributed by atoms with E-state index in [0.717, 1.165) is 51.1 Å². The molecule has 3 heterocycles. The molecule has 7 nitrogen and oxygen atoms in total. The van der Waals surface area contributed by atoms with Crippen LogP contribution in [0, 0.1) is 19.3 Å². The van der Waals surface area contributed by atoms with Gasteiger partial charge in [-0.05, 0) is 74.1 Å². The minimum Gasteiger partial charge on any atom is -0.444 e. The van der Waals surface area contributed by atoms with Crippen LogP contribution in [-0.4, -0.2) is 57.6 Å². The fraction of sp³-hybridized carbons (Fsp3) is 0.852.